The Bertz CT molecular complexity index is 1310. The summed E-state index contributed by atoms with van der Waals surface area (Å²) in [6.07, 6.45) is 9.35. The lowest BCUT2D eigenvalue weighted by molar-refractivity contribution is 0.270. The van der Waals surface area contributed by atoms with E-state index in [0.717, 1.165) is 79.0 Å². The van der Waals surface area contributed by atoms with Crippen molar-refractivity contribution in [1.82, 2.24) is 29.7 Å². The summed E-state index contributed by atoms with van der Waals surface area (Å²) in [6, 6.07) is 7.11. The van der Waals surface area contributed by atoms with Gasteiger partial charge in [0.25, 0.3) is 0 Å². The predicted molar refractivity (Wildman–Crippen MR) is 150 cm³/mol. The Hall–Kier alpha value is -2.59. The Morgan fingerprint density at radius 2 is 2.05 bits per heavy atom. The SMILES string of the molecule is CN(CCCNCCc1ccc(F)cc1)CC1CCC(n2cc(-c3nccs3)c3c(N)nc(Cl)nc32)C1. The summed E-state index contributed by atoms with van der Waals surface area (Å²) in [4.78, 5) is 15.7. The number of fused-ring (bicyclic) bond motifs is 1. The van der Waals surface area contributed by atoms with Crippen LogP contribution in [0.2, 0.25) is 5.28 Å². The van der Waals surface area contributed by atoms with Crippen molar-refractivity contribution in [2.75, 3.05) is 39.0 Å². The molecule has 10 heteroatoms. The fraction of sp³-hybridized carbons (Fsp3) is 0.444. The molecule has 0 radical (unpaired) electrons. The van der Waals surface area contributed by atoms with Crippen molar-refractivity contribution < 1.29 is 4.39 Å². The number of halogens is 2. The van der Waals surface area contributed by atoms with Crippen molar-refractivity contribution in [3.05, 3.63) is 58.7 Å². The van der Waals surface area contributed by atoms with E-state index < -0.39 is 0 Å². The summed E-state index contributed by atoms with van der Waals surface area (Å²) in [7, 11) is 2.21. The van der Waals surface area contributed by atoms with Gasteiger partial charge in [-0.3, -0.25) is 0 Å². The van der Waals surface area contributed by atoms with Crippen LogP contribution in [0.4, 0.5) is 10.2 Å². The van der Waals surface area contributed by atoms with E-state index >= 15 is 0 Å². The molecule has 3 heterocycles. The third kappa shape index (κ3) is 6.29. The highest BCUT2D eigenvalue weighted by Gasteiger charge is 2.29. The summed E-state index contributed by atoms with van der Waals surface area (Å²) in [5, 5.41) is 7.41. The number of rotatable bonds is 11. The number of nitrogens with two attached hydrogens (primary N) is 1. The highest BCUT2D eigenvalue weighted by Crippen LogP contribution is 2.41. The molecule has 196 valence electrons. The van der Waals surface area contributed by atoms with E-state index in [1.165, 1.54) is 18.6 Å². The van der Waals surface area contributed by atoms with Gasteiger partial charge in [-0.25, -0.2) is 14.4 Å². The van der Waals surface area contributed by atoms with Crippen molar-refractivity contribution in [2.24, 2.45) is 5.92 Å². The van der Waals surface area contributed by atoms with Crippen molar-refractivity contribution in [1.29, 1.82) is 0 Å². The van der Waals surface area contributed by atoms with Gasteiger partial charge in [0.2, 0.25) is 5.28 Å². The van der Waals surface area contributed by atoms with Crippen LogP contribution in [0.15, 0.2) is 42.0 Å². The van der Waals surface area contributed by atoms with Gasteiger partial charge in [-0.15, -0.1) is 11.3 Å². The molecule has 4 aromatic rings. The number of benzene rings is 1. The lowest BCUT2D eigenvalue weighted by Gasteiger charge is -2.21. The minimum atomic E-state index is -0.182. The molecule has 0 amide bonds. The second kappa shape index (κ2) is 11.9. The minimum absolute atomic E-state index is 0.176. The maximum atomic E-state index is 13.0. The van der Waals surface area contributed by atoms with Gasteiger partial charge in [0, 0.05) is 35.9 Å². The first-order chi connectivity index (χ1) is 18.0. The molecular weight excluding hydrogens is 509 g/mol. The molecule has 0 aliphatic heterocycles. The van der Waals surface area contributed by atoms with Gasteiger partial charge < -0.3 is 20.5 Å². The second-order valence-corrected chi connectivity index (χ2v) is 11.2. The summed E-state index contributed by atoms with van der Waals surface area (Å²) in [5.74, 6) is 0.856. The molecule has 5 rings (SSSR count). The van der Waals surface area contributed by atoms with E-state index in [2.05, 4.69) is 43.0 Å². The van der Waals surface area contributed by atoms with Crippen molar-refractivity contribution >= 4 is 39.8 Å². The third-order valence-corrected chi connectivity index (χ3v) is 8.18. The molecule has 0 saturated heterocycles. The average molecular weight is 542 g/mol. The van der Waals surface area contributed by atoms with E-state index in [4.69, 9.17) is 17.3 Å². The van der Waals surface area contributed by atoms with E-state index in [9.17, 15) is 4.39 Å². The first kappa shape index (κ1) is 26.0. The van der Waals surface area contributed by atoms with Crippen LogP contribution in [0.5, 0.6) is 0 Å². The number of nitrogen functional groups attached to an aromatic ring is 1. The molecule has 37 heavy (non-hydrogen) atoms. The highest BCUT2D eigenvalue weighted by molar-refractivity contribution is 7.13. The first-order valence-corrected chi connectivity index (χ1v) is 14.1. The number of hydrogen-bond donors (Lipinski definition) is 2. The minimum Gasteiger partial charge on any atom is -0.383 e. The number of thiazole rings is 1. The number of aromatic nitrogens is 4. The van der Waals surface area contributed by atoms with E-state index in [1.807, 2.05) is 17.5 Å². The smallest absolute Gasteiger partial charge is 0.226 e. The topological polar surface area (TPSA) is 84.9 Å². The molecule has 3 N–H and O–H groups in total. The molecule has 3 aromatic heterocycles. The van der Waals surface area contributed by atoms with Crippen LogP contribution in [0.25, 0.3) is 21.6 Å². The molecule has 1 aliphatic rings. The highest BCUT2D eigenvalue weighted by atomic mass is 35.5. The largest absolute Gasteiger partial charge is 0.383 e. The predicted octanol–water partition coefficient (Wildman–Crippen LogP) is 5.42. The second-order valence-electron chi connectivity index (χ2n) is 9.94. The lowest BCUT2D eigenvalue weighted by Crippen LogP contribution is -2.28. The average Bonchev–Trinajstić information content (AvgIpc) is 3.62. The zero-order chi connectivity index (χ0) is 25.8. The van der Waals surface area contributed by atoms with Gasteiger partial charge in [-0.1, -0.05) is 12.1 Å². The monoisotopic (exact) mass is 541 g/mol. The van der Waals surface area contributed by atoms with Crippen LogP contribution in [0, 0.1) is 11.7 Å². The molecular formula is C27H33ClFN7S. The van der Waals surface area contributed by atoms with Gasteiger partial charge in [0.15, 0.2) is 0 Å². The number of hydrogen-bond acceptors (Lipinski definition) is 7. The summed E-state index contributed by atoms with van der Waals surface area (Å²) in [5.41, 5.74) is 9.22. The quantitative estimate of drug-likeness (QED) is 0.195. The van der Waals surface area contributed by atoms with Crippen molar-refractivity contribution in [2.45, 2.75) is 38.1 Å². The summed E-state index contributed by atoms with van der Waals surface area (Å²) in [6.45, 7) is 4.04. The molecule has 2 atom stereocenters. The van der Waals surface area contributed by atoms with Gasteiger partial charge >= 0.3 is 0 Å². The number of anilines is 1. The Balaban J connectivity index is 1.12. The number of nitrogens with zero attached hydrogens (tertiary/aromatic N) is 5. The van der Waals surface area contributed by atoms with Crippen molar-refractivity contribution in [3.8, 4) is 10.6 Å². The van der Waals surface area contributed by atoms with Crippen LogP contribution in [0.3, 0.4) is 0 Å². The van der Waals surface area contributed by atoms with Crippen molar-refractivity contribution in [3.63, 3.8) is 0 Å². The van der Waals surface area contributed by atoms with E-state index in [0.29, 0.717) is 17.8 Å². The zero-order valence-electron chi connectivity index (χ0n) is 21.0. The zero-order valence-corrected chi connectivity index (χ0v) is 22.6. The van der Waals surface area contributed by atoms with E-state index in [1.54, 1.807) is 17.5 Å². The van der Waals surface area contributed by atoms with Crippen LogP contribution in [0.1, 0.15) is 37.3 Å². The Morgan fingerprint density at radius 1 is 1.22 bits per heavy atom. The molecule has 1 fully saturated rings. The fourth-order valence-electron chi connectivity index (χ4n) is 5.43. The Labute approximate surface area is 225 Å². The Kier molecular flexibility index (Phi) is 8.34. The van der Waals surface area contributed by atoms with Gasteiger partial charge in [0.1, 0.15) is 22.3 Å². The molecule has 1 saturated carbocycles. The molecule has 2 unspecified atom stereocenters. The normalized spacial score (nSPS) is 17.8. The fourth-order valence-corrected chi connectivity index (χ4v) is 6.25. The lowest BCUT2D eigenvalue weighted by atomic mass is 10.1. The van der Waals surface area contributed by atoms with Gasteiger partial charge in [-0.2, -0.15) is 4.98 Å². The van der Waals surface area contributed by atoms with Gasteiger partial charge in [0.05, 0.1) is 5.39 Å². The van der Waals surface area contributed by atoms with Gasteiger partial charge in [-0.05, 0) is 94.0 Å². The maximum absolute atomic E-state index is 13.0. The molecule has 0 spiro atoms. The van der Waals surface area contributed by atoms with E-state index in [-0.39, 0.29) is 11.1 Å². The van der Waals surface area contributed by atoms with Crippen LogP contribution >= 0.6 is 22.9 Å². The summed E-state index contributed by atoms with van der Waals surface area (Å²) >= 11 is 7.78. The third-order valence-electron chi connectivity index (χ3n) is 7.21. The standard InChI is InChI=1S/C27H33ClFN7S/c1-35(13-2-10-31-11-9-18-3-6-20(29)7-4-18)16-19-5-8-21(15-19)36-17-22(26-32-12-14-37-26)23-24(30)33-27(28)34-25(23)36/h3-4,6-7,12,14,17,19,21,31H,2,5,8-11,13,15-16H2,1H3,(H2,30,33,34). The van der Waals surface area contributed by atoms with Crippen LogP contribution in [-0.2, 0) is 6.42 Å². The summed E-state index contributed by atoms with van der Waals surface area (Å²) < 4.78 is 15.3. The van der Waals surface area contributed by atoms with Crippen LogP contribution in [-0.4, -0.2) is 57.6 Å². The maximum Gasteiger partial charge on any atom is 0.226 e. The Morgan fingerprint density at radius 3 is 2.84 bits per heavy atom. The molecule has 1 aliphatic carbocycles. The van der Waals surface area contributed by atoms with Crippen LogP contribution < -0.4 is 11.1 Å². The molecule has 7 nitrogen and oxygen atoms in total. The number of nitrogens with one attached hydrogen (secondary N) is 1. The molecule has 0 bridgehead atoms. The first-order valence-electron chi connectivity index (χ1n) is 12.8. The molecule has 1 aromatic carbocycles.